The molecule has 0 aliphatic carbocycles. The molecule has 0 unspecified atom stereocenters. The summed E-state index contributed by atoms with van der Waals surface area (Å²) < 4.78 is 27.7. The van der Waals surface area contributed by atoms with Gasteiger partial charge in [-0.15, -0.1) is 0 Å². The molecule has 1 amide bonds. The van der Waals surface area contributed by atoms with Crippen LogP contribution in [0, 0.1) is 0 Å². The van der Waals surface area contributed by atoms with Crippen molar-refractivity contribution >= 4 is 5.91 Å². The van der Waals surface area contributed by atoms with Crippen LogP contribution < -0.4 is 5.32 Å². The molecule has 15 atom stereocenters. The molecule has 0 saturated carbocycles. The molecule has 3 saturated heterocycles. The topological polar surface area (TPSA) is 257 Å². The zero-order valence-electron chi connectivity index (χ0n) is 19.5. The number of amides is 1. The molecule has 210 valence electrons. The van der Waals surface area contributed by atoms with E-state index in [4.69, 9.17) is 23.7 Å². The van der Waals surface area contributed by atoms with Crippen molar-refractivity contribution in [1.82, 2.24) is 5.32 Å². The van der Waals surface area contributed by atoms with Crippen molar-refractivity contribution in [1.29, 1.82) is 0 Å². The number of ether oxygens (including phenoxy) is 5. The first-order valence-electron chi connectivity index (χ1n) is 11.4. The second kappa shape index (κ2) is 12.2. The molecule has 0 spiro atoms. The van der Waals surface area contributed by atoms with Crippen molar-refractivity contribution < 1.29 is 74.4 Å². The van der Waals surface area contributed by atoms with Gasteiger partial charge in [0, 0.05) is 6.92 Å². The number of aliphatic hydroxyl groups is 9. The van der Waals surface area contributed by atoms with Gasteiger partial charge >= 0.3 is 0 Å². The number of hydrogen-bond acceptors (Lipinski definition) is 15. The Morgan fingerprint density at radius 2 is 1.25 bits per heavy atom. The molecule has 36 heavy (non-hydrogen) atoms. The van der Waals surface area contributed by atoms with Crippen LogP contribution in [0.5, 0.6) is 0 Å². The van der Waals surface area contributed by atoms with Crippen LogP contribution in [0.2, 0.25) is 0 Å². The lowest BCUT2D eigenvalue weighted by atomic mass is 9.94. The Balaban J connectivity index is 1.92. The number of rotatable bonds is 7. The molecule has 3 heterocycles. The fourth-order valence-corrected chi connectivity index (χ4v) is 4.40. The lowest BCUT2D eigenvalue weighted by molar-refractivity contribution is -0.370. The molecule has 0 radical (unpaired) electrons. The third-order valence-electron chi connectivity index (χ3n) is 6.45. The molecule has 3 aliphatic heterocycles. The van der Waals surface area contributed by atoms with Crippen LogP contribution in [-0.4, -0.2) is 157 Å². The van der Waals surface area contributed by atoms with Gasteiger partial charge in [0.1, 0.15) is 67.1 Å². The van der Waals surface area contributed by atoms with E-state index in [0.717, 1.165) is 6.92 Å². The largest absolute Gasteiger partial charge is 0.394 e. The number of carbonyl (C=O) groups excluding carboxylic acids is 1. The first-order valence-corrected chi connectivity index (χ1v) is 11.4. The minimum absolute atomic E-state index is 0.640. The van der Waals surface area contributed by atoms with Gasteiger partial charge in [-0.2, -0.15) is 0 Å². The molecule has 0 bridgehead atoms. The van der Waals surface area contributed by atoms with Gasteiger partial charge < -0.3 is 75.0 Å². The molecule has 0 aromatic carbocycles. The maximum Gasteiger partial charge on any atom is 0.217 e. The van der Waals surface area contributed by atoms with Crippen molar-refractivity contribution in [2.75, 3.05) is 13.2 Å². The van der Waals surface area contributed by atoms with E-state index in [1.165, 1.54) is 6.92 Å². The third kappa shape index (κ3) is 5.97. The highest BCUT2D eigenvalue weighted by Gasteiger charge is 2.54. The molecular weight excluding hydrogens is 494 g/mol. The number of carbonyl (C=O) groups is 1. The number of hydrogen-bond donors (Lipinski definition) is 10. The average molecular weight is 529 g/mol. The molecule has 0 aromatic rings. The summed E-state index contributed by atoms with van der Waals surface area (Å²) in [6.07, 6.45) is -22.0. The van der Waals surface area contributed by atoms with Crippen molar-refractivity contribution in [3.63, 3.8) is 0 Å². The number of nitrogens with one attached hydrogen (secondary N) is 1. The second-order valence-corrected chi connectivity index (χ2v) is 9.05. The first-order chi connectivity index (χ1) is 16.9. The zero-order chi connectivity index (χ0) is 26.9. The van der Waals surface area contributed by atoms with E-state index in [2.05, 4.69) is 5.32 Å². The van der Waals surface area contributed by atoms with Crippen LogP contribution in [-0.2, 0) is 28.5 Å². The van der Waals surface area contributed by atoms with E-state index < -0.39 is 111 Å². The monoisotopic (exact) mass is 529 g/mol. The van der Waals surface area contributed by atoms with Gasteiger partial charge in [-0.25, -0.2) is 0 Å². The SMILES string of the molecule is CC(=O)N[C@@H]1[C@@H](O[C@H]2O[C@H](C)[C@H](O)[C@H](O)[C@H]2O)[C@H](O[C@@H]2O[C@H](CO)[C@H](O)[C@H](O)[C@H]2O)[C@@H](CO)O[C@H]1O. The summed E-state index contributed by atoms with van der Waals surface area (Å²) in [6.45, 7) is 1.00. The Morgan fingerprint density at radius 3 is 1.81 bits per heavy atom. The Morgan fingerprint density at radius 1 is 0.722 bits per heavy atom. The van der Waals surface area contributed by atoms with E-state index >= 15 is 0 Å². The molecule has 10 N–H and O–H groups in total. The Bertz CT molecular complexity index is 729. The van der Waals surface area contributed by atoms with Gasteiger partial charge in [0.15, 0.2) is 18.9 Å². The van der Waals surface area contributed by atoms with Gasteiger partial charge in [0.2, 0.25) is 5.91 Å². The van der Waals surface area contributed by atoms with E-state index in [1.807, 2.05) is 0 Å². The molecule has 0 aromatic heterocycles. The maximum absolute atomic E-state index is 11.8. The van der Waals surface area contributed by atoms with Crippen LogP contribution in [0.15, 0.2) is 0 Å². The minimum atomic E-state index is -1.85. The van der Waals surface area contributed by atoms with Crippen molar-refractivity contribution in [3.05, 3.63) is 0 Å². The Labute approximate surface area is 205 Å². The summed E-state index contributed by atoms with van der Waals surface area (Å²) in [6, 6.07) is -1.41. The van der Waals surface area contributed by atoms with Crippen LogP contribution >= 0.6 is 0 Å². The van der Waals surface area contributed by atoms with E-state index in [-0.39, 0.29) is 0 Å². The smallest absolute Gasteiger partial charge is 0.217 e. The molecule has 3 rings (SSSR count). The maximum atomic E-state index is 11.8. The van der Waals surface area contributed by atoms with Crippen LogP contribution in [0.4, 0.5) is 0 Å². The Kier molecular flexibility index (Phi) is 9.97. The van der Waals surface area contributed by atoms with E-state index in [1.54, 1.807) is 0 Å². The highest BCUT2D eigenvalue weighted by atomic mass is 16.7. The lowest BCUT2D eigenvalue weighted by Crippen LogP contribution is -2.69. The summed E-state index contributed by atoms with van der Waals surface area (Å²) in [4.78, 5) is 11.8. The van der Waals surface area contributed by atoms with Crippen molar-refractivity contribution in [3.8, 4) is 0 Å². The fourth-order valence-electron chi connectivity index (χ4n) is 4.40. The van der Waals surface area contributed by atoms with E-state index in [0.29, 0.717) is 0 Å². The van der Waals surface area contributed by atoms with Gasteiger partial charge in [-0.1, -0.05) is 0 Å². The van der Waals surface area contributed by atoms with Gasteiger partial charge in [0.05, 0.1) is 19.3 Å². The summed E-state index contributed by atoms with van der Waals surface area (Å²) in [7, 11) is 0. The molecule has 3 aliphatic rings. The predicted octanol–water partition coefficient (Wildman–Crippen LogP) is -6.40. The summed E-state index contributed by atoms with van der Waals surface area (Å²) in [5, 5.41) is 93.2. The van der Waals surface area contributed by atoms with Crippen molar-refractivity contribution in [2.45, 2.75) is 106 Å². The van der Waals surface area contributed by atoms with Crippen LogP contribution in [0.1, 0.15) is 13.8 Å². The normalized spacial score (nSPS) is 50.0. The van der Waals surface area contributed by atoms with Crippen LogP contribution in [0.25, 0.3) is 0 Å². The molecule has 16 heteroatoms. The van der Waals surface area contributed by atoms with Gasteiger partial charge in [-0.05, 0) is 6.92 Å². The van der Waals surface area contributed by atoms with Crippen LogP contribution in [0.3, 0.4) is 0 Å². The number of aliphatic hydroxyl groups excluding tert-OH is 9. The summed E-state index contributed by atoms with van der Waals surface area (Å²) in [5.74, 6) is -0.640. The second-order valence-electron chi connectivity index (χ2n) is 9.05. The first kappa shape index (κ1) is 29.5. The highest BCUT2D eigenvalue weighted by Crippen LogP contribution is 2.32. The quantitative estimate of drug-likeness (QED) is 0.147. The minimum Gasteiger partial charge on any atom is -0.394 e. The standard InChI is InChI=1S/C20H35NO15/c1-5-10(25)12(27)14(29)19(32-5)36-17-9(21-6(2)24)18(31)33-8(4-23)16(17)35-20-15(30)13(28)11(26)7(3-22)34-20/h5,7-20,22-23,25-31H,3-4H2,1-2H3,(H,21,24)/t5-,7-,8-,9-,10+,11+,12+,13+,14-,15-,16-,17-,18-,19-,20+/m1/s1. The molecule has 3 fully saturated rings. The summed E-state index contributed by atoms with van der Waals surface area (Å²) in [5.41, 5.74) is 0. The Hall–Kier alpha value is -1.09. The third-order valence-corrected chi connectivity index (χ3v) is 6.45. The predicted molar refractivity (Wildman–Crippen MR) is 111 cm³/mol. The molecular formula is C20H35NO15. The van der Waals surface area contributed by atoms with E-state index in [9.17, 15) is 50.8 Å². The highest BCUT2D eigenvalue weighted by molar-refractivity contribution is 5.73. The van der Waals surface area contributed by atoms with Gasteiger partial charge in [-0.3, -0.25) is 4.79 Å². The molecule has 16 nitrogen and oxygen atoms in total. The zero-order valence-corrected chi connectivity index (χ0v) is 19.5. The average Bonchev–Trinajstić information content (AvgIpc) is 2.84. The lowest BCUT2D eigenvalue weighted by Gasteiger charge is -2.49. The van der Waals surface area contributed by atoms with Crippen molar-refractivity contribution in [2.24, 2.45) is 0 Å². The fraction of sp³-hybridized carbons (Fsp3) is 0.950. The van der Waals surface area contributed by atoms with Gasteiger partial charge in [0.25, 0.3) is 0 Å². The summed E-state index contributed by atoms with van der Waals surface area (Å²) >= 11 is 0.